The molecule has 2 aromatic rings. The fourth-order valence-electron chi connectivity index (χ4n) is 1.87. The van der Waals surface area contributed by atoms with E-state index in [-0.39, 0.29) is 23.2 Å². The molecule has 1 heterocycles. The number of nitrogens with one attached hydrogen (secondary N) is 1. The van der Waals surface area contributed by atoms with Crippen LogP contribution in [0.4, 0.5) is 5.69 Å². The molecule has 2 rings (SSSR count). The summed E-state index contributed by atoms with van der Waals surface area (Å²) in [4.78, 5) is 34.5. The molecule has 25 heavy (non-hydrogen) atoms. The smallest absolute Gasteiger partial charge is 0.355 e. The Kier molecular flexibility index (Phi) is 5.67. The molecule has 1 aromatic carbocycles. The van der Waals surface area contributed by atoms with Gasteiger partial charge in [0.05, 0.1) is 17.3 Å². The first-order chi connectivity index (χ1) is 11.9. The molecule has 0 radical (unpaired) electrons. The number of non-ortho nitro benzene ring substituents is 1. The van der Waals surface area contributed by atoms with Gasteiger partial charge in [-0.25, -0.2) is 4.79 Å². The summed E-state index contributed by atoms with van der Waals surface area (Å²) in [6, 6.07) is 8.50. The topological polar surface area (TPSA) is 112 Å². The van der Waals surface area contributed by atoms with Crippen LogP contribution < -0.4 is 5.32 Å². The van der Waals surface area contributed by atoms with Crippen molar-refractivity contribution in [1.82, 2.24) is 5.32 Å². The van der Waals surface area contributed by atoms with Crippen molar-refractivity contribution < 1.29 is 23.7 Å². The third-order valence-corrected chi connectivity index (χ3v) is 2.97. The quantitative estimate of drug-likeness (QED) is 0.373. The standard InChI is InChI=1S/C17H16N2O6/c1-11(2)25-17(21)14(18-16(20)15-4-3-9-24-15)10-12-5-7-13(8-6-12)19(22)23/h3-11H,1-2H3,(H,18,20). The molecule has 8 nitrogen and oxygen atoms in total. The molecule has 1 amide bonds. The summed E-state index contributed by atoms with van der Waals surface area (Å²) in [5.41, 5.74) is 0.299. The van der Waals surface area contributed by atoms with Crippen LogP contribution in [-0.2, 0) is 9.53 Å². The number of furan rings is 1. The fourth-order valence-corrected chi connectivity index (χ4v) is 1.87. The Morgan fingerprint density at radius 2 is 1.92 bits per heavy atom. The number of nitro benzene ring substituents is 1. The molecule has 1 N–H and O–H groups in total. The Bertz CT molecular complexity index is 791. The molecule has 0 unspecified atom stereocenters. The van der Waals surface area contributed by atoms with E-state index in [1.807, 2.05) is 0 Å². The van der Waals surface area contributed by atoms with Gasteiger partial charge >= 0.3 is 5.97 Å². The van der Waals surface area contributed by atoms with Crippen LogP contribution in [0.5, 0.6) is 0 Å². The lowest BCUT2D eigenvalue weighted by molar-refractivity contribution is -0.384. The molecule has 0 saturated carbocycles. The Balaban J connectivity index is 2.27. The lowest BCUT2D eigenvalue weighted by Crippen LogP contribution is -2.29. The maximum Gasteiger partial charge on any atom is 0.355 e. The second kappa shape index (κ2) is 7.91. The number of esters is 1. The van der Waals surface area contributed by atoms with E-state index in [9.17, 15) is 19.7 Å². The van der Waals surface area contributed by atoms with Gasteiger partial charge in [0.25, 0.3) is 11.6 Å². The van der Waals surface area contributed by atoms with Crippen LogP contribution in [0, 0.1) is 10.1 Å². The zero-order chi connectivity index (χ0) is 18.4. The molecular formula is C17H16N2O6. The summed E-state index contributed by atoms with van der Waals surface area (Å²) in [6.45, 7) is 3.35. The van der Waals surface area contributed by atoms with Crippen molar-refractivity contribution in [2.75, 3.05) is 0 Å². The molecule has 0 aliphatic heterocycles. The molecule has 0 spiro atoms. The van der Waals surface area contributed by atoms with E-state index in [0.29, 0.717) is 5.56 Å². The average molecular weight is 344 g/mol. The third kappa shape index (κ3) is 5.03. The summed E-state index contributed by atoms with van der Waals surface area (Å²) in [5.74, 6) is -1.31. The third-order valence-electron chi connectivity index (χ3n) is 2.97. The van der Waals surface area contributed by atoms with Crippen molar-refractivity contribution in [3.8, 4) is 0 Å². The number of nitrogens with zero attached hydrogens (tertiary/aromatic N) is 1. The molecule has 0 aliphatic carbocycles. The van der Waals surface area contributed by atoms with Gasteiger partial charge in [-0.1, -0.05) is 0 Å². The molecule has 0 atom stereocenters. The first-order valence-corrected chi connectivity index (χ1v) is 7.39. The van der Waals surface area contributed by atoms with Crippen LogP contribution >= 0.6 is 0 Å². The molecule has 0 bridgehead atoms. The van der Waals surface area contributed by atoms with Crippen molar-refractivity contribution in [2.45, 2.75) is 20.0 Å². The maximum atomic E-state index is 12.2. The molecule has 130 valence electrons. The fraction of sp³-hybridized carbons (Fsp3) is 0.176. The minimum absolute atomic E-state index is 0.0342. The number of carbonyl (C=O) groups is 2. The highest BCUT2D eigenvalue weighted by molar-refractivity contribution is 6.02. The molecule has 0 aliphatic rings. The highest BCUT2D eigenvalue weighted by Gasteiger charge is 2.18. The van der Waals surface area contributed by atoms with E-state index >= 15 is 0 Å². The lowest BCUT2D eigenvalue weighted by atomic mass is 10.1. The average Bonchev–Trinajstić information content (AvgIpc) is 3.08. The van der Waals surface area contributed by atoms with Crippen molar-refractivity contribution in [3.63, 3.8) is 0 Å². The highest BCUT2D eigenvalue weighted by atomic mass is 16.6. The van der Waals surface area contributed by atoms with Crippen molar-refractivity contribution in [3.05, 3.63) is 69.8 Å². The number of benzene rings is 1. The number of nitro groups is 1. The van der Waals surface area contributed by atoms with E-state index in [0.717, 1.165) is 0 Å². The first kappa shape index (κ1) is 17.9. The van der Waals surface area contributed by atoms with Gasteiger partial charge in [0.15, 0.2) is 5.76 Å². The molecule has 8 heteroatoms. The minimum Gasteiger partial charge on any atom is -0.459 e. The summed E-state index contributed by atoms with van der Waals surface area (Å²) in [6.07, 6.45) is 2.32. The number of hydrogen-bond donors (Lipinski definition) is 1. The lowest BCUT2D eigenvalue weighted by Gasteiger charge is -2.11. The van der Waals surface area contributed by atoms with Gasteiger partial charge in [-0.2, -0.15) is 0 Å². The van der Waals surface area contributed by atoms with Gasteiger partial charge in [-0.05, 0) is 49.8 Å². The molecule has 0 fully saturated rings. The predicted octanol–water partition coefficient (Wildman–Crippen LogP) is 2.91. The molecule has 1 aromatic heterocycles. The summed E-state index contributed by atoms with van der Waals surface area (Å²) in [7, 11) is 0. The van der Waals surface area contributed by atoms with Crippen molar-refractivity contribution >= 4 is 23.6 Å². The van der Waals surface area contributed by atoms with Gasteiger partial charge in [-0.3, -0.25) is 14.9 Å². The van der Waals surface area contributed by atoms with E-state index in [2.05, 4.69) is 5.32 Å². The Hall–Kier alpha value is -3.42. The number of carbonyl (C=O) groups excluding carboxylic acids is 2. The highest BCUT2D eigenvalue weighted by Crippen LogP contribution is 2.15. The van der Waals surface area contributed by atoms with Gasteiger partial charge in [-0.15, -0.1) is 0 Å². The van der Waals surface area contributed by atoms with Crippen LogP contribution in [0.15, 0.2) is 52.8 Å². The van der Waals surface area contributed by atoms with E-state index in [1.54, 1.807) is 19.9 Å². The zero-order valence-electron chi connectivity index (χ0n) is 13.6. The summed E-state index contributed by atoms with van der Waals surface area (Å²) in [5, 5.41) is 13.1. The molecular weight excluding hydrogens is 328 g/mol. The van der Waals surface area contributed by atoms with E-state index < -0.39 is 16.8 Å². The van der Waals surface area contributed by atoms with Gasteiger partial charge < -0.3 is 14.5 Å². The Labute approximate surface area is 143 Å². The van der Waals surface area contributed by atoms with Gasteiger partial charge in [0.1, 0.15) is 5.70 Å². The SMILES string of the molecule is CC(C)OC(=O)C(=Cc1ccc([N+](=O)[O-])cc1)NC(=O)c1ccco1. The van der Waals surface area contributed by atoms with Crippen molar-refractivity contribution in [2.24, 2.45) is 0 Å². The Morgan fingerprint density at radius 1 is 1.24 bits per heavy atom. The van der Waals surface area contributed by atoms with Crippen LogP contribution in [0.1, 0.15) is 30.0 Å². The first-order valence-electron chi connectivity index (χ1n) is 7.39. The van der Waals surface area contributed by atoms with Crippen LogP contribution in [0.2, 0.25) is 0 Å². The predicted molar refractivity (Wildman–Crippen MR) is 88.5 cm³/mol. The minimum atomic E-state index is -0.728. The Morgan fingerprint density at radius 3 is 2.44 bits per heavy atom. The van der Waals surface area contributed by atoms with Gasteiger partial charge in [0.2, 0.25) is 0 Å². The second-order valence-electron chi connectivity index (χ2n) is 5.29. The van der Waals surface area contributed by atoms with Gasteiger partial charge in [0, 0.05) is 12.1 Å². The van der Waals surface area contributed by atoms with E-state index in [1.165, 1.54) is 42.7 Å². The van der Waals surface area contributed by atoms with E-state index in [4.69, 9.17) is 9.15 Å². The largest absolute Gasteiger partial charge is 0.459 e. The summed E-state index contributed by atoms with van der Waals surface area (Å²) < 4.78 is 10.1. The molecule has 0 saturated heterocycles. The van der Waals surface area contributed by atoms with Crippen LogP contribution in [0.25, 0.3) is 6.08 Å². The maximum absolute atomic E-state index is 12.2. The van der Waals surface area contributed by atoms with Crippen LogP contribution in [0.3, 0.4) is 0 Å². The number of amides is 1. The zero-order valence-corrected chi connectivity index (χ0v) is 13.6. The normalized spacial score (nSPS) is 11.2. The van der Waals surface area contributed by atoms with Crippen molar-refractivity contribution in [1.29, 1.82) is 0 Å². The number of hydrogen-bond acceptors (Lipinski definition) is 6. The van der Waals surface area contributed by atoms with Crippen LogP contribution in [-0.4, -0.2) is 22.9 Å². The number of ether oxygens (including phenoxy) is 1. The monoisotopic (exact) mass is 344 g/mol. The number of rotatable bonds is 6. The second-order valence-corrected chi connectivity index (χ2v) is 5.29. The summed E-state index contributed by atoms with van der Waals surface area (Å²) >= 11 is 0.